The van der Waals surface area contributed by atoms with Gasteiger partial charge in [0.1, 0.15) is 6.33 Å². The summed E-state index contributed by atoms with van der Waals surface area (Å²) in [4.78, 5) is 37.8. The monoisotopic (exact) mass is 414 g/mol. The van der Waals surface area contributed by atoms with Crippen molar-refractivity contribution in [1.82, 2.24) is 19.8 Å². The highest BCUT2D eigenvalue weighted by atomic mass is 35.5. The van der Waals surface area contributed by atoms with Crippen LogP contribution in [0.25, 0.3) is 0 Å². The van der Waals surface area contributed by atoms with Gasteiger partial charge < -0.3 is 14.9 Å². The number of aryl methyl sites for hydroxylation is 2. The molecule has 8 heteroatoms. The lowest BCUT2D eigenvalue weighted by molar-refractivity contribution is 0.0665. The van der Waals surface area contributed by atoms with Crippen LogP contribution < -0.4 is 0 Å². The molecule has 2 aliphatic heterocycles. The summed E-state index contributed by atoms with van der Waals surface area (Å²) in [6.07, 6.45) is 1.45. The highest BCUT2D eigenvalue weighted by Crippen LogP contribution is 2.43. The zero-order valence-corrected chi connectivity index (χ0v) is 17.2. The maximum absolute atomic E-state index is 13.1. The fourth-order valence-corrected chi connectivity index (χ4v) is 4.77. The summed E-state index contributed by atoms with van der Waals surface area (Å²) in [6, 6.07) is 6.87. The van der Waals surface area contributed by atoms with Gasteiger partial charge in [0.05, 0.1) is 23.6 Å². The summed E-state index contributed by atoms with van der Waals surface area (Å²) in [5.41, 5.74) is 1.84. The Balaban J connectivity index is 1.53. The third-order valence-electron chi connectivity index (χ3n) is 6.16. The number of nitrogens with zero attached hydrogens (tertiary/aromatic N) is 4. The molecule has 29 heavy (non-hydrogen) atoms. The third-order valence-corrected chi connectivity index (χ3v) is 6.40. The van der Waals surface area contributed by atoms with Crippen molar-refractivity contribution in [2.45, 2.75) is 13.8 Å². The Bertz CT molecular complexity index is 962. The molecule has 0 aliphatic carbocycles. The maximum atomic E-state index is 13.1. The molecular weight excluding hydrogens is 392 g/mol. The molecule has 0 spiro atoms. The maximum Gasteiger partial charge on any atom is 0.257 e. The Labute approximate surface area is 174 Å². The number of benzene rings is 1. The van der Waals surface area contributed by atoms with E-state index in [1.807, 2.05) is 0 Å². The summed E-state index contributed by atoms with van der Waals surface area (Å²) >= 11 is 6.02. The van der Waals surface area contributed by atoms with Crippen molar-refractivity contribution in [3.05, 3.63) is 58.1 Å². The largest absolute Gasteiger partial charge is 0.396 e. The molecule has 2 aliphatic rings. The Morgan fingerprint density at radius 1 is 1.14 bits per heavy atom. The molecule has 0 bridgehead atoms. The molecule has 2 unspecified atom stereocenters. The molecule has 2 saturated heterocycles. The smallest absolute Gasteiger partial charge is 0.257 e. The zero-order chi connectivity index (χ0) is 20.8. The number of amides is 2. The minimum atomic E-state index is -0.513. The van der Waals surface area contributed by atoms with Gasteiger partial charge in [-0.15, -0.1) is 0 Å². The van der Waals surface area contributed by atoms with Crippen LogP contribution >= 0.6 is 11.6 Å². The first-order valence-corrected chi connectivity index (χ1v) is 9.95. The second-order valence-electron chi connectivity index (χ2n) is 8.02. The molecule has 0 saturated carbocycles. The number of aliphatic hydroxyl groups excluding tert-OH is 1. The van der Waals surface area contributed by atoms with Crippen LogP contribution in [0, 0.1) is 25.2 Å². The average Bonchev–Trinajstić information content (AvgIpc) is 3.22. The lowest BCUT2D eigenvalue weighted by atomic mass is 9.82. The van der Waals surface area contributed by atoms with Gasteiger partial charge in [-0.2, -0.15) is 0 Å². The standard InChI is InChI=1S/C21H23ClN4O3/c1-13-18(14(2)24-12-23-13)20(29)26-8-16-7-25(9-21(16,10-26)11-27)19(28)15-4-3-5-17(22)6-15/h3-6,12,16,27H,7-11H2,1-2H3. The van der Waals surface area contributed by atoms with Gasteiger partial charge >= 0.3 is 0 Å². The molecule has 152 valence electrons. The second kappa shape index (κ2) is 7.39. The predicted molar refractivity (Wildman–Crippen MR) is 108 cm³/mol. The predicted octanol–water partition coefficient (Wildman–Crippen LogP) is 1.95. The number of hydrogen-bond donors (Lipinski definition) is 1. The number of carbonyl (C=O) groups is 2. The van der Waals surface area contributed by atoms with Gasteiger partial charge in [-0.05, 0) is 32.0 Å². The summed E-state index contributed by atoms with van der Waals surface area (Å²) < 4.78 is 0. The molecule has 1 N–H and O–H groups in total. The zero-order valence-electron chi connectivity index (χ0n) is 16.4. The molecule has 2 fully saturated rings. The molecule has 0 radical (unpaired) electrons. The van der Waals surface area contributed by atoms with Crippen molar-refractivity contribution >= 4 is 23.4 Å². The van der Waals surface area contributed by atoms with E-state index in [1.165, 1.54) is 6.33 Å². The first kappa shape index (κ1) is 19.8. The SMILES string of the molecule is Cc1ncnc(C)c1C(=O)N1CC2CN(C(=O)c3cccc(Cl)c3)CC2(CO)C1. The van der Waals surface area contributed by atoms with Crippen molar-refractivity contribution in [3.8, 4) is 0 Å². The van der Waals surface area contributed by atoms with E-state index in [1.54, 1.807) is 47.9 Å². The summed E-state index contributed by atoms with van der Waals surface area (Å²) in [5, 5.41) is 10.7. The Hall–Kier alpha value is -2.51. The van der Waals surface area contributed by atoms with Crippen LogP contribution in [0.1, 0.15) is 32.1 Å². The highest BCUT2D eigenvalue weighted by molar-refractivity contribution is 6.30. The Morgan fingerprint density at radius 3 is 2.31 bits per heavy atom. The van der Waals surface area contributed by atoms with Crippen LogP contribution in [0.5, 0.6) is 0 Å². The van der Waals surface area contributed by atoms with E-state index in [0.717, 1.165) is 0 Å². The second-order valence-corrected chi connectivity index (χ2v) is 8.46. The lowest BCUT2D eigenvalue weighted by Gasteiger charge is -2.27. The van der Waals surface area contributed by atoms with E-state index in [9.17, 15) is 14.7 Å². The Morgan fingerprint density at radius 2 is 1.76 bits per heavy atom. The van der Waals surface area contributed by atoms with E-state index >= 15 is 0 Å². The fraction of sp³-hybridized carbons (Fsp3) is 0.429. The summed E-state index contributed by atoms with van der Waals surface area (Å²) in [6.45, 7) is 5.32. The van der Waals surface area contributed by atoms with Crippen molar-refractivity contribution in [1.29, 1.82) is 0 Å². The van der Waals surface area contributed by atoms with Gasteiger partial charge in [0.25, 0.3) is 11.8 Å². The number of aromatic nitrogens is 2. The molecule has 1 aromatic carbocycles. The van der Waals surface area contributed by atoms with E-state index in [2.05, 4.69) is 9.97 Å². The van der Waals surface area contributed by atoms with E-state index < -0.39 is 5.41 Å². The average molecular weight is 415 g/mol. The van der Waals surface area contributed by atoms with Gasteiger partial charge in [-0.1, -0.05) is 17.7 Å². The van der Waals surface area contributed by atoms with Crippen LogP contribution in [-0.2, 0) is 0 Å². The minimum Gasteiger partial charge on any atom is -0.396 e. The molecule has 4 rings (SSSR count). The van der Waals surface area contributed by atoms with Gasteiger partial charge in [-0.25, -0.2) is 9.97 Å². The van der Waals surface area contributed by atoms with Crippen LogP contribution in [-0.4, -0.2) is 69.5 Å². The number of rotatable bonds is 3. The molecule has 2 atom stereocenters. The normalized spacial score (nSPS) is 23.4. The van der Waals surface area contributed by atoms with Gasteiger partial charge in [0.2, 0.25) is 0 Å². The molecule has 1 aromatic heterocycles. The number of fused-ring (bicyclic) bond motifs is 1. The third kappa shape index (κ3) is 3.38. The van der Waals surface area contributed by atoms with Crippen molar-refractivity contribution in [2.24, 2.45) is 11.3 Å². The minimum absolute atomic E-state index is 0.0184. The molecule has 2 aromatic rings. The van der Waals surface area contributed by atoms with Gasteiger partial charge in [0.15, 0.2) is 0 Å². The summed E-state index contributed by atoms with van der Waals surface area (Å²) in [7, 11) is 0. The number of halogens is 1. The van der Waals surface area contributed by atoms with Crippen molar-refractivity contribution < 1.29 is 14.7 Å². The fourth-order valence-electron chi connectivity index (χ4n) is 4.58. The quantitative estimate of drug-likeness (QED) is 0.829. The topological polar surface area (TPSA) is 86.6 Å². The van der Waals surface area contributed by atoms with Crippen LogP contribution in [0.15, 0.2) is 30.6 Å². The van der Waals surface area contributed by atoms with Crippen LogP contribution in [0.4, 0.5) is 0 Å². The van der Waals surface area contributed by atoms with Crippen LogP contribution in [0.2, 0.25) is 5.02 Å². The van der Waals surface area contributed by atoms with Gasteiger partial charge in [-0.3, -0.25) is 9.59 Å². The van der Waals surface area contributed by atoms with E-state index in [4.69, 9.17) is 11.6 Å². The van der Waals surface area contributed by atoms with Gasteiger partial charge in [0, 0.05) is 48.1 Å². The number of hydrogen-bond acceptors (Lipinski definition) is 5. The summed E-state index contributed by atoms with van der Waals surface area (Å²) in [5.74, 6) is -0.198. The number of carbonyl (C=O) groups excluding carboxylic acids is 2. The molecule has 3 heterocycles. The first-order valence-electron chi connectivity index (χ1n) is 9.58. The Kier molecular flexibility index (Phi) is 5.04. The molecule has 7 nitrogen and oxygen atoms in total. The highest BCUT2D eigenvalue weighted by Gasteiger charge is 2.54. The van der Waals surface area contributed by atoms with Crippen LogP contribution in [0.3, 0.4) is 0 Å². The molecular formula is C21H23ClN4O3. The van der Waals surface area contributed by atoms with Crippen molar-refractivity contribution in [3.63, 3.8) is 0 Å². The molecule has 2 amide bonds. The number of likely N-dealkylation sites (tertiary alicyclic amines) is 2. The van der Waals surface area contributed by atoms with E-state index in [0.29, 0.717) is 53.7 Å². The van der Waals surface area contributed by atoms with Crippen molar-refractivity contribution in [2.75, 3.05) is 32.8 Å². The lowest BCUT2D eigenvalue weighted by Crippen LogP contribution is -2.40. The first-order chi connectivity index (χ1) is 13.8. The number of aliphatic hydroxyl groups is 1. The van der Waals surface area contributed by atoms with E-state index in [-0.39, 0.29) is 24.3 Å².